The van der Waals surface area contributed by atoms with Gasteiger partial charge in [0.25, 0.3) is 11.7 Å². The van der Waals surface area contributed by atoms with Crippen molar-refractivity contribution in [3.8, 4) is 0 Å². The summed E-state index contributed by atoms with van der Waals surface area (Å²) in [5.41, 5.74) is 1.44. The molecule has 2 N–H and O–H groups in total. The smallest absolute Gasteiger partial charge is 0.381 e. The van der Waals surface area contributed by atoms with Crippen molar-refractivity contribution in [1.82, 2.24) is 40.0 Å². The second-order valence-electron chi connectivity index (χ2n) is 12.4. The van der Waals surface area contributed by atoms with E-state index in [-0.39, 0.29) is 48.8 Å². The van der Waals surface area contributed by atoms with Crippen molar-refractivity contribution in [3.05, 3.63) is 41.2 Å². The number of nitrogens with one attached hydrogen (secondary N) is 2. The van der Waals surface area contributed by atoms with E-state index in [0.717, 1.165) is 0 Å². The number of imidazole rings is 1. The van der Waals surface area contributed by atoms with Crippen LogP contribution in [0.4, 0.5) is 22.0 Å². The molecule has 16 heteroatoms. The van der Waals surface area contributed by atoms with Crippen LogP contribution in [0.1, 0.15) is 84.5 Å². The highest BCUT2D eigenvalue weighted by atomic mass is 19.4. The molecule has 3 aromatic rings. The lowest BCUT2D eigenvalue weighted by atomic mass is 9.80. The number of hydrogen-bond acceptors (Lipinski definition) is 7. The monoisotopic (exact) mass is 638 g/mol. The molecule has 3 aromatic heterocycles. The van der Waals surface area contributed by atoms with Gasteiger partial charge in [-0.3, -0.25) is 14.3 Å². The summed E-state index contributed by atoms with van der Waals surface area (Å²) < 4.78 is 78.1. The highest BCUT2D eigenvalue weighted by Crippen LogP contribution is 2.42. The van der Waals surface area contributed by atoms with E-state index in [1.807, 2.05) is 0 Å². The summed E-state index contributed by atoms with van der Waals surface area (Å²) in [7, 11) is 1.60. The van der Waals surface area contributed by atoms with Crippen molar-refractivity contribution in [3.63, 3.8) is 0 Å². The number of halogens is 5. The fraction of sp³-hybridized carbons (Fsp3) is 0.655. The van der Waals surface area contributed by atoms with Crippen molar-refractivity contribution >= 4 is 17.6 Å². The van der Waals surface area contributed by atoms with Crippen molar-refractivity contribution in [2.24, 2.45) is 24.8 Å². The lowest BCUT2D eigenvalue weighted by molar-refractivity contribution is -0.183. The molecule has 3 fully saturated rings. The van der Waals surface area contributed by atoms with Crippen molar-refractivity contribution < 1.29 is 36.3 Å². The minimum atomic E-state index is -4.45. The topological polar surface area (TPSA) is 128 Å². The number of carbonyl (C=O) groups excluding carboxylic acids is 2. The first-order chi connectivity index (χ1) is 21.4. The van der Waals surface area contributed by atoms with Gasteiger partial charge in [-0.25, -0.2) is 23.3 Å². The van der Waals surface area contributed by atoms with Crippen LogP contribution >= 0.6 is 0 Å². The minimum Gasteiger partial charge on any atom is -0.381 e. The Hall–Kier alpha value is -3.69. The van der Waals surface area contributed by atoms with E-state index < -0.39 is 60.7 Å². The number of ether oxygens (including phenoxy) is 1. The molecular weight excluding hydrogens is 603 g/mol. The average Bonchev–Trinajstić information content (AvgIpc) is 3.61. The molecule has 2 saturated heterocycles. The summed E-state index contributed by atoms with van der Waals surface area (Å²) in [5.74, 6) is -7.08. The van der Waals surface area contributed by atoms with E-state index in [0.29, 0.717) is 43.9 Å². The van der Waals surface area contributed by atoms with Crippen molar-refractivity contribution in [2.75, 3.05) is 19.8 Å². The number of piperidine rings is 1. The highest BCUT2D eigenvalue weighted by molar-refractivity contribution is 5.92. The first kappa shape index (κ1) is 31.3. The SMILES string of the molecule is Cn1nccc1C(=O)N[C@H](c1cn2nc(C[C@H]3C[C@@H](C(F)(F)F)CNC3=O)c(C3CCOCC3)nc2n1)[C@H]1CCCC(F)(F)C1. The molecule has 1 aliphatic carbocycles. The lowest BCUT2D eigenvalue weighted by Gasteiger charge is -2.34. The van der Waals surface area contributed by atoms with Gasteiger partial charge >= 0.3 is 6.18 Å². The van der Waals surface area contributed by atoms with Gasteiger partial charge in [0.15, 0.2) is 0 Å². The number of rotatable bonds is 7. The van der Waals surface area contributed by atoms with Gasteiger partial charge in [-0.2, -0.15) is 23.4 Å². The predicted octanol–water partition coefficient (Wildman–Crippen LogP) is 3.91. The number of hydrogen-bond donors (Lipinski definition) is 2. The Morgan fingerprint density at radius 1 is 1.22 bits per heavy atom. The summed E-state index contributed by atoms with van der Waals surface area (Å²) in [6.45, 7) is 0.469. The molecule has 4 atom stereocenters. The molecule has 0 spiro atoms. The number of nitrogens with zero attached hydrogens (tertiary/aromatic N) is 6. The molecule has 2 amide bonds. The van der Waals surface area contributed by atoms with Crippen molar-refractivity contribution in [2.45, 2.75) is 75.4 Å². The Balaban J connectivity index is 1.37. The summed E-state index contributed by atoms with van der Waals surface area (Å²) in [5, 5.41) is 14.0. The minimum absolute atomic E-state index is 0.0585. The van der Waals surface area contributed by atoms with Gasteiger partial charge in [-0.1, -0.05) is 0 Å². The van der Waals surface area contributed by atoms with Crippen LogP contribution in [0.25, 0.3) is 5.78 Å². The zero-order valence-electron chi connectivity index (χ0n) is 24.7. The molecule has 0 unspecified atom stereocenters. The van der Waals surface area contributed by atoms with E-state index in [9.17, 15) is 31.5 Å². The second-order valence-corrected chi connectivity index (χ2v) is 12.4. The normalized spacial score (nSPS) is 25.2. The van der Waals surface area contributed by atoms with Crippen molar-refractivity contribution in [1.29, 1.82) is 0 Å². The van der Waals surface area contributed by atoms with Gasteiger partial charge in [0.05, 0.1) is 35.2 Å². The molecule has 5 heterocycles. The molecular formula is C29H35F5N8O3. The van der Waals surface area contributed by atoms with Gasteiger partial charge in [0, 0.05) is 64.1 Å². The predicted molar refractivity (Wildman–Crippen MR) is 148 cm³/mol. The number of aromatic nitrogens is 6. The maximum absolute atomic E-state index is 14.6. The van der Waals surface area contributed by atoms with Crippen LogP contribution < -0.4 is 10.6 Å². The van der Waals surface area contributed by atoms with Gasteiger partial charge in [-0.05, 0) is 44.1 Å². The molecule has 0 aromatic carbocycles. The third-order valence-corrected chi connectivity index (χ3v) is 9.21. The maximum Gasteiger partial charge on any atom is 0.393 e. The Morgan fingerprint density at radius 3 is 2.69 bits per heavy atom. The summed E-state index contributed by atoms with van der Waals surface area (Å²) in [6.07, 6.45) is -0.643. The molecule has 45 heavy (non-hydrogen) atoms. The maximum atomic E-state index is 14.6. The lowest BCUT2D eigenvalue weighted by Crippen LogP contribution is -2.47. The van der Waals surface area contributed by atoms with Gasteiger partial charge < -0.3 is 15.4 Å². The van der Waals surface area contributed by atoms with E-state index in [1.165, 1.54) is 27.7 Å². The van der Waals surface area contributed by atoms with Gasteiger partial charge in [0.1, 0.15) is 5.69 Å². The fourth-order valence-corrected chi connectivity index (χ4v) is 6.78. The van der Waals surface area contributed by atoms with E-state index in [2.05, 4.69) is 20.7 Å². The number of amides is 2. The van der Waals surface area contributed by atoms with Crippen LogP contribution in [0.15, 0.2) is 18.5 Å². The summed E-state index contributed by atoms with van der Waals surface area (Å²) >= 11 is 0. The molecule has 0 bridgehead atoms. The first-order valence-corrected chi connectivity index (χ1v) is 15.2. The third-order valence-electron chi connectivity index (χ3n) is 9.21. The fourth-order valence-electron chi connectivity index (χ4n) is 6.78. The zero-order chi connectivity index (χ0) is 31.9. The second kappa shape index (κ2) is 12.2. The Morgan fingerprint density at radius 2 is 2.00 bits per heavy atom. The number of carbonyl (C=O) groups is 2. The van der Waals surface area contributed by atoms with Crippen LogP contribution in [0.2, 0.25) is 0 Å². The number of aryl methyl sites for hydroxylation is 1. The van der Waals surface area contributed by atoms with Crippen LogP contribution in [0, 0.1) is 17.8 Å². The molecule has 244 valence electrons. The highest BCUT2D eigenvalue weighted by Gasteiger charge is 2.45. The Kier molecular flexibility index (Phi) is 8.52. The average molecular weight is 639 g/mol. The van der Waals surface area contributed by atoms with E-state index in [4.69, 9.17) is 14.8 Å². The number of alkyl halides is 5. The van der Waals surface area contributed by atoms with E-state index in [1.54, 1.807) is 7.05 Å². The van der Waals surface area contributed by atoms with Crippen LogP contribution in [-0.2, 0) is 23.0 Å². The third kappa shape index (κ3) is 6.79. The molecule has 2 aliphatic heterocycles. The van der Waals surface area contributed by atoms with Crippen LogP contribution in [-0.4, -0.2) is 73.0 Å². The Bertz CT molecular complexity index is 1550. The summed E-state index contributed by atoms with van der Waals surface area (Å²) in [4.78, 5) is 35.4. The molecule has 11 nitrogen and oxygen atoms in total. The zero-order valence-corrected chi connectivity index (χ0v) is 24.7. The van der Waals surface area contributed by atoms with Gasteiger partial charge in [0.2, 0.25) is 11.8 Å². The van der Waals surface area contributed by atoms with Gasteiger partial charge in [-0.15, -0.1) is 0 Å². The summed E-state index contributed by atoms with van der Waals surface area (Å²) in [6, 6.07) is 0.625. The standard InChI is InChI=1S/C29H35F5N8O3/c1-41-22(4-8-36-41)26(44)38-24(17-3-2-7-28(30,31)13-17)21-15-42-27(37-21)39-23(16-5-9-45-10-6-16)20(40-42)12-18-11-19(29(32,33)34)14-35-25(18)43/h4,8,15-19,24H,2-3,5-7,9-14H2,1H3,(H,35,43)(H,38,44)/t17-,18+,19+,24-/m0/s1. The molecule has 0 radical (unpaired) electrons. The molecule has 3 aliphatic rings. The molecule has 6 rings (SSSR count). The van der Waals surface area contributed by atoms with Crippen LogP contribution in [0.5, 0.6) is 0 Å². The Labute approximate surface area is 255 Å². The van der Waals surface area contributed by atoms with Crippen LogP contribution in [0.3, 0.4) is 0 Å². The first-order valence-electron chi connectivity index (χ1n) is 15.2. The number of fused-ring (bicyclic) bond motifs is 1. The largest absolute Gasteiger partial charge is 0.393 e. The quantitative estimate of drug-likeness (QED) is 0.376. The van der Waals surface area contributed by atoms with E-state index >= 15 is 0 Å². The molecule has 1 saturated carbocycles.